The van der Waals surface area contributed by atoms with Crippen LogP contribution in [0.3, 0.4) is 0 Å². The number of rotatable bonds is 5. The number of H-pyrrole nitrogens is 1. The van der Waals surface area contributed by atoms with Gasteiger partial charge in [-0.1, -0.05) is 0 Å². The van der Waals surface area contributed by atoms with Crippen molar-refractivity contribution in [3.8, 4) is 0 Å². The van der Waals surface area contributed by atoms with Crippen LogP contribution in [0, 0.1) is 0 Å². The van der Waals surface area contributed by atoms with E-state index in [1.165, 1.54) is 4.90 Å². The Kier molecular flexibility index (Phi) is 6.85. The predicted octanol–water partition coefficient (Wildman–Crippen LogP) is 1.48. The fourth-order valence-corrected chi connectivity index (χ4v) is 3.05. The van der Waals surface area contributed by atoms with Gasteiger partial charge in [0.2, 0.25) is 5.91 Å². The maximum absolute atomic E-state index is 13.3. The van der Waals surface area contributed by atoms with Gasteiger partial charge in [0.1, 0.15) is 11.7 Å². The van der Waals surface area contributed by atoms with Gasteiger partial charge in [0, 0.05) is 50.5 Å². The fourth-order valence-electron chi connectivity index (χ4n) is 3.05. The molecule has 1 atom stereocenters. The lowest BCUT2D eigenvalue weighted by Crippen LogP contribution is -2.57. The van der Waals surface area contributed by atoms with E-state index in [2.05, 4.69) is 20.6 Å². The molecule has 10 heteroatoms. The van der Waals surface area contributed by atoms with E-state index >= 15 is 0 Å². The summed E-state index contributed by atoms with van der Waals surface area (Å²) >= 11 is 0. The SMILES string of the molecule is Cl.O=C(Cc1c[nH]c2ncccc12)NCC(N1CCNCC1)C(F)(F)F. The summed E-state index contributed by atoms with van der Waals surface area (Å²) in [4.78, 5) is 20.6. The van der Waals surface area contributed by atoms with E-state index < -0.39 is 24.7 Å². The number of nitrogens with one attached hydrogen (secondary N) is 3. The normalized spacial score (nSPS) is 16.9. The molecule has 0 aromatic carbocycles. The van der Waals surface area contributed by atoms with Gasteiger partial charge in [-0.2, -0.15) is 13.2 Å². The van der Waals surface area contributed by atoms with Crippen molar-refractivity contribution < 1.29 is 18.0 Å². The summed E-state index contributed by atoms with van der Waals surface area (Å²) in [5.41, 5.74) is 1.37. The van der Waals surface area contributed by atoms with Gasteiger partial charge in [0.05, 0.1) is 6.42 Å². The molecule has 3 rings (SSSR count). The minimum absolute atomic E-state index is 0. The van der Waals surface area contributed by atoms with E-state index in [9.17, 15) is 18.0 Å². The van der Waals surface area contributed by atoms with Crippen LogP contribution in [0.1, 0.15) is 5.56 Å². The molecule has 3 N–H and O–H groups in total. The molecular weight excluding hydrogens is 371 g/mol. The average molecular weight is 392 g/mol. The largest absolute Gasteiger partial charge is 0.405 e. The first-order valence-electron chi connectivity index (χ1n) is 8.14. The van der Waals surface area contributed by atoms with E-state index in [0.717, 1.165) is 5.39 Å². The molecule has 2 aromatic heterocycles. The van der Waals surface area contributed by atoms with Crippen LogP contribution in [0.4, 0.5) is 13.2 Å². The molecule has 0 bridgehead atoms. The lowest BCUT2D eigenvalue weighted by Gasteiger charge is -2.35. The molecule has 0 saturated carbocycles. The van der Waals surface area contributed by atoms with Crippen molar-refractivity contribution in [3.05, 3.63) is 30.1 Å². The highest BCUT2D eigenvalue weighted by Gasteiger charge is 2.43. The molecule has 0 radical (unpaired) electrons. The molecule has 2 aromatic rings. The second-order valence-electron chi connectivity index (χ2n) is 6.04. The van der Waals surface area contributed by atoms with Crippen LogP contribution in [0.25, 0.3) is 11.0 Å². The Bertz CT molecular complexity index is 730. The third-order valence-electron chi connectivity index (χ3n) is 4.35. The molecule has 1 unspecified atom stereocenters. The number of aromatic amines is 1. The molecule has 26 heavy (non-hydrogen) atoms. The zero-order valence-electron chi connectivity index (χ0n) is 14.0. The number of halogens is 4. The second-order valence-corrected chi connectivity index (χ2v) is 6.04. The monoisotopic (exact) mass is 391 g/mol. The standard InChI is InChI=1S/C16H20F3N5O.ClH/c17-16(18,19)13(24-6-4-20-5-7-24)10-22-14(25)8-11-9-23-15-12(11)2-1-3-21-15;/h1-3,9,13,20H,4-8,10H2,(H,21,23)(H,22,25);1H. The van der Waals surface area contributed by atoms with Crippen LogP contribution < -0.4 is 10.6 Å². The van der Waals surface area contributed by atoms with Crippen LogP contribution in [0.5, 0.6) is 0 Å². The zero-order valence-corrected chi connectivity index (χ0v) is 14.8. The molecule has 1 saturated heterocycles. The van der Waals surface area contributed by atoms with Crippen LogP contribution in [-0.4, -0.2) is 65.7 Å². The third kappa shape index (κ3) is 4.87. The highest BCUT2D eigenvalue weighted by molar-refractivity contribution is 5.87. The van der Waals surface area contributed by atoms with Gasteiger partial charge in [-0.05, 0) is 17.7 Å². The highest BCUT2D eigenvalue weighted by Crippen LogP contribution is 2.25. The van der Waals surface area contributed by atoms with Gasteiger partial charge in [0.25, 0.3) is 0 Å². The number of pyridine rings is 1. The highest BCUT2D eigenvalue weighted by atomic mass is 35.5. The Labute approximate surface area is 154 Å². The van der Waals surface area contributed by atoms with Crippen molar-refractivity contribution in [1.82, 2.24) is 25.5 Å². The summed E-state index contributed by atoms with van der Waals surface area (Å²) in [6, 6.07) is 1.91. The first-order valence-corrected chi connectivity index (χ1v) is 8.14. The van der Waals surface area contributed by atoms with Gasteiger partial charge >= 0.3 is 6.18 Å². The average Bonchev–Trinajstić information content (AvgIpc) is 2.98. The van der Waals surface area contributed by atoms with Crippen molar-refractivity contribution in [2.75, 3.05) is 32.7 Å². The molecule has 1 aliphatic rings. The lowest BCUT2D eigenvalue weighted by atomic mass is 10.1. The maximum atomic E-state index is 13.3. The number of hydrogen-bond donors (Lipinski definition) is 3. The van der Waals surface area contributed by atoms with Gasteiger partial charge < -0.3 is 15.6 Å². The predicted molar refractivity (Wildman–Crippen MR) is 94.3 cm³/mol. The summed E-state index contributed by atoms with van der Waals surface area (Å²) in [7, 11) is 0. The zero-order chi connectivity index (χ0) is 17.9. The van der Waals surface area contributed by atoms with E-state index in [1.54, 1.807) is 18.5 Å². The molecule has 6 nitrogen and oxygen atoms in total. The number of piperazine rings is 1. The smallest absolute Gasteiger partial charge is 0.354 e. The van der Waals surface area contributed by atoms with Gasteiger partial charge in [-0.25, -0.2) is 4.98 Å². The Balaban J connectivity index is 0.00000243. The number of amides is 1. The summed E-state index contributed by atoms with van der Waals surface area (Å²) in [6.07, 6.45) is -1.08. The number of fused-ring (bicyclic) bond motifs is 1. The number of carbonyl (C=O) groups is 1. The van der Waals surface area contributed by atoms with Crippen molar-refractivity contribution in [2.45, 2.75) is 18.6 Å². The number of nitrogens with zero attached hydrogens (tertiary/aromatic N) is 2. The Hall–Kier alpha value is -1.84. The van der Waals surface area contributed by atoms with E-state index in [1.807, 2.05) is 6.07 Å². The number of carbonyl (C=O) groups excluding carboxylic acids is 1. The van der Waals surface area contributed by atoms with Crippen molar-refractivity contribution in [3.63, 3.8) is 0 Å². The number of aromatic nitrogens is 2. The van der Waals surface area contributed by atoms with Gasteiger partial charge in [0.15, 0.2) is 0 Å². The summed E-state index contributed by atoms with van der Waals surface area (Å²) < 4.78 is 39.9. The fraction of sp³-hybridized carbons (Fsp3) is 0.500. The molecule has 1 fully saturated rings. The first-order chi connectivity index (χ1) is 11.9. The van der Waals surface area contributed by atoms with Gasteiger partial charge in [-0.3, -0.25) is 9.69 Å². The third-order valence-corrected chi connectivity index (χ3v) is 4.35. The molecular formula is C16H21ClF3N5O. The summed E-state index contributed by atoms with van der Waals surface area (Å²) in [6.45, 7) is 1.22. The van der Waals surface area contributed by atoms with E-state index in [4.69, 9.17) is 0 Å². The molecule has 3 heterocycles. The lowest BCUT2D eigenvalue weighted by molar-refractivity contribution is -0.184. The minimum atomic E-state index is -4.38. The Morgan fingerprint density at radius 2 is 2.08 bits per heavy atom. The summed E-state index contributed by atoms with van der Waals surface area (Å²) in [5.74, 6) is -0.436. The molecule has 1 aliphatic heterocycles. The first kappa shape index (κ1) is 20.5. The Morgan fingerprint density at radius 1 is 1.35 bits per heavy atom. The maximum Gasteiger partial charge on any atom is 0.405 e. The van der Waals surface area contributed by atoms with E-state index in [0.29, 0.717) is 37.4 Å². The van der Waals surface area contributed by atoms with Crippen LogP contribution in [0.15, 0.2) is 24.5 Å². The number of alkyl halides is 3. The van der Waals surface area contributed by atoms with Gasteiger partial charge in [-0.15, -0.1) is 12.4 Å². The molecule has 1 amide bonds. The summed E-state index contributed by atoms with van der Waals surface area (Å²) in [5, 5.41) is 6.26. The number of hydrogen-bond acceptors (Lipinski definition) is 4. The topological polar surface area (TPSA) is 73.0 Å². The van der Waals surface area contributed by atoms with Crippen LogP contribution in [-0.2, 0) is 11.2 Å². The molecule has 144 valence electrons. The second kappa shape index (κ2) is 8.70. The van der Waals surface area contributed by atoms with Crippen LogP contribution >= 0.6 is 12.4 Å². The van der Waals surface area contributed by atoms with Crippen LogP contribution in [0.2, 0.25) is 0 Å². The van der Waals surface area contributed by atoms with Crippen molar-refractivity contribution >= 4 is 29.3 Å². The van der Waals surface area contributed by atoms with E-state index in [-0.39, 0.29) is 18.8 Å². The van der Waals surface area contributed by atoms with Crippen molar-refractivity contribution in [2.24, 2.45) is 0 Å². The van der Waals surface area contributed by atoms with Crippen molar-refractivity contribution in [1.29, 1.82) is 0 Å². The molecule has 0 spiro atoms. The Morgan fingerprint density at radius 3 is 2.77 bits per heavy atom. The minimum Gasteiger partial charge on any atom is -0.354 e. The quantitative estimate of drug-likeness (QED) is 0.722. The molecule has 0 aliphatic carbocycles.